The molecule has 1 aromatic rings. The van der Waals surface area contributed by atoms with Crippen molar-refractivity contribution in [2.75, 3.05) is 7.05 Å². The van der Waals surface area contributed by atoms with Crippen LogP contribution in [0.25, 0.3) is 0 Å². The summed E-state index contributed by atoms with van der Waals surface area (Å²) in [5, 5.41) is 8.94. The summed E-state index contributed by atoms with van der Waals surface area (Å²) < 4.78 is 0. The second-order valence-corrected chi connectivity index (χ2v) is 5.00. The van der Waals surface area contributed by atoms with Gasteiger partial charge in [-0.2, -0.15) is 0 Å². The van der Waals surface area contributed by atoms with E-state index in [2.05, 4.69) is 18.9 Å². The van der Waals surface area contributed by atoms with Crippen molar-refractivity contribution in [3.63, 3.8) is 0 Å². The lowest BCUT2D eigenvalue weighted by Crippen LogP contribution is -2.30. The molecule has 0 aliphatic heterocycles. The molecule has 92 valence electrons. The highest BCUT2D eigenvalue weighted by Crippen LogP contribution is 2.35. The number of rotatable bonds is 5. The minimum atomic E-state index is -0.857. The fraction of sp³-hybridized carbons (Fsp3) is 0.500. The van der Waals surface area contributed by atoms with E-state index < -0.39 is 5.97 Å². The van der Waals surface area contributed by atoms with Crippen molar-refractivity contribution in [3.8, 4) is 0 Å². The number of nitrogens with zero attached hydrogens (tertiary/aromatic N) is 1. The smallest absolute Gasteiger partial charge is 0.335 e. The van der Waals surface area contributed by atoms with Crippen molar-refractivity contribution in [1.29, 1.82) is 0 Å². The molecule has 0 heterocycles. The Morgan fingerprint density at radius 1 is 1.53 bits per heavy atom. The van der Waals surface area contributed by atoms with Gasteiger partial charge in [0, 0.05) is 12.6 Å². The highest BCUT2D eigenvalue weighted by molar-refractivity contribution is 5.87. The first-order valence-electron chi connectivity index (χ1n) is 6.10. The SMILES string of the molecule is CC(C1CC1)N(C)Cc1cccc(C(=O)O)c1. The fourth-order valence-corrected chi connectivity index (χ4v) is 2.17. The van der Waals surface area contributed by atoms with Gasteiger partial charge in [-0.25, -0.2) is 4.79 Å². The first kappa shape index (κ1) is 12.1. The number of aromatic carboxylic acids is 1. The van der Waals surface area contributed by atoms with Crippen LogP contribution in [0.15, 0.2) is 24.3 Å². The monoisotopic (exact) mass is 233 g/mol. The average Bonchev–Trinajstić information content (AvgIpc) is 3.12. The minimum absolute atomic E-state index is 0.370. The van der Waals surface area contributed by atoms with Crippen LogP contribution in [0, 0.1) is 5.92 Å². The Balaban J connectivity index is 2.02. The molecule has 0 aromatic heterocycles. The number of carboxylic acids is 1. The van der Waals surface area contributed by atoms with Gasteiger partial charge in [-0.3, -0.25) is 4.90 Å². The zero-order chi connectivity index (χ0) is 12.4. The van der Waals surface area contributed by atoms with E-state index in [0.717, 1.165) is 18.0 Å². The maximum Gasteiger partial charge on any atom is 0.335 e. The molecule has 3 nitrogen and oxygen atoms in total. The van der Waals surface area contributed by atoms with Gasteiger partial charge in [0.25, 0.3) is 0 Å². The summed E-state index contributed by atoms with van der Waals surface area (Å²) >= 11 is 0. The fourth-order valence-electron chi connectivity index (χ4n) is 2.17. The van der Waals surface area contributed by atoms with Crippen LogP contribution in [-0.4, -0.2) is 29.1 Å². The largest absolute Gasteiger partial charge is 0.478 e. The lowest BCUT2D eigenvalue weighted by molar-refractivity contribution is 0.0696. The third-order valence-corrected chi connectivity index (χ3v) is 3.61. The Hall–Kier alpha value is -1.35. The number of hydrogen-bond acceptors (Lipinski definition) is 2. The summed E-state index contributed by atoms with van der Waals surface area (Å²) in [4.78, 5) is 13.2. The molecule has 0 spiro atoms. The number of carbonyl (C=O) groups is 1. The van der Waals surface area contributed by atoms with E-state index in [4.69, 9.17) is 5.11 Å². The molecule has 1 aromatic carbocycles. The Kier molecular flexibility index (Phi) is 3.48. The van der Waals surface area contributed by atoms with Crippen LogP contribution in [0.4, 0.5) is 0 Å². The van der Waals surface area contributed by atoms with Gasteiger partial charge in [-0.05, 0) is 50.4 Å². The van der Waals surface area contributed by atoms with E-state index in [1.807, 2.05) is 12.1 Å². The van der Waals surface area contributed by atoms with Crippen molar-refractivity contribution < 1.29 is 9.90 Å². The van der Waals surface area contributed by atoms with Crippen molar-refractivity contribution in [2.24, 2.45) is 5.92 Å². The van der Waals surface area contributed by atoms with Crippen LogP contribution >= 0.6 is 0 Å². The molecular weight excluding hydrogens is 214 g/mol. The summed E-state index contributed by atoms with van der Waals surface area (Å²) in [6, 6.07) is 7.79. The lowest BCUT2D eigenvalue weighted by atomic mass is 10.1. The van der Waals surface area contributed by atoms with E-state index in [1.54, 1.807) is 12.1 Å². The zero-order valence-electron chi connectivity index (χ0n) is 10.4. The summed E-state index contributed by atoms with van der Waals surface area (Å²) in [5.41, 5.74) is 1.44. The van der Waals surface area contributed by atoms with Gasteiger partial charge >= 0.3 is 5.97 Å². The molecule has 1 aliphatic carbocycles. The molecule has 2 rings (SSSR count). The molecule has 0 bridgehead atoms. The van der Waals surface area contributed by atoms with E-state index >= 15 is 0 Å². The van der Waals surface area contributed by atoms with Crippen LogP contribution in [0.2, 0.25) is 0 Å². The Morgan fingerprint density at radius 2 is 2.24 bits per heavy atom. The Labute approximate surface area is 102 Å². The molecule has 0 radical (unpaired) electrons. The molecule has 1 aliphatic rings. The van der Waals surface area contributed by atoms with E-state index in [0.29, 0.717) is 11.6 Å². The quantitative estimate of drug-likeness (QED) is 0.850. The number of hydrogen-bond donors (Lipinski definition) is 1. The predicted octanol–water partition coefficient (Wildman–Crippen LogP) is 2.62. The van der Waals surface area contributed by atoms with Crippen LogP contribution in [0.5, 0.6) is 0 Å². The lowest BCUT2D eigenvalue weighted by Gasteiger charge is -2.24. The van der Waals surface area contributed by atoms with Gasteiger partial charge in [0.15, 0.2) is 0 Å². The maximum atomic E-state index is 10.9. The van der Waals surface area contributed by atoms with Crippen molar-refractivity contribution in [2.45, 2.75) is 32.4 Å². The highest BCUT2D eigenvalue weighted by Gasteiger charge is 2.30. The molecule has 1 unspecified atom stereocenters. The summed E-state index contributed by atoms with van der Waals surface area (Å²) in [6.45, 7) is 3.07. The van der Waals surface area contributed by atoms with Crippen LogP contribution in [0.3, 0.4) is 0 Å². The molecule has 0 amide bonds. The van der Waals surface area contributed by atoms with Gasteiger partial charge in [-0.15, -0.1) is 0 Å². The maximum absolute atomic E-state index is 10.9. The molecule has 1 N–H and O–H groups in total. The standard InChI is InChI=1S/C14H19NO2/c1-10(12-6-7-12)15(2)9-11-4-3-5-13(8-11)14(16)17/h3-5,8,10,12H,6-7,9H2,1-2H3,(H,16,17). The van der Waals surface area contributed by atoms with Gasteiger partial charge in [0.2, 0.25) is 0 Å². The van der Waals surface area contributed by atoms with Gasteiger partial charge in [0.05, 0.1) is 5.56 Å². The molecular formula is C14H19NO2. The summed E-state index contributed by atoms with van der Waals surface area (Å²) in [7, 11) is 2.11. The summed E-state index contributed by atoms with van der Waals surface area (Å²) in [6.07, 6.45) is 2.67. The minimum Gasteiger partial charge on any atom is -0.478 e. The summed E-state index contributed by atoms with van der Waals surface area (Å²) in [5.74, 6) is -0.0209. The first-order valence-corrected chi connectivity index (χ1v) is 6.10. The molecule has 1 fully saturated rings. The van der Waals surface area contributed by atoms with Crippen molar-refractivity contribution in [1.82, 2.24) is 4.90 Å². The van der Waals surface area contributed by atoms with E-state index in [-0.39, 0.29) is 0 Å². The third kappa shape index (κ3) is 3.07. The third-order valence-electron chi connectivity index (χ3n) is 3.61. The zero-order valence-corrected chi connectivity index (χ0v) is 10.4. The molecule has 0 saturated heterocycles. The molecule has 17 heavy (non-hydrogen) atoms. The second-order valence-electron chi connectivity index (χ2n) is 5.00. The van der Waals surface area contributed by atoms with Crippen molar-refractivity contribution in [3.05, 3.63) is 35.4 Å². The number of carboxylic acid groups (broad SMARTS) is 1. The Bertz CT molecular complexity index is 412. The molecule has 1 atom stereocenters. The van der Waals surface area contributed by atoms with Gasteiger partial charge < -0.3 is 5.11 Å². The van der Waals surface area contributed by atoms with Crippen molar-refractivity contribution >= 4 is 5.97 Å². The average molecular weight is 233 g/mol. The first-order chi connectivity index (χ1) is 8.08. The molecule has 3 heteroatoms. The van der Waals surface area contributed by atoms with Crippen LogP contribution in [0.1, 0.15) is 35.7 Å². The van der Waals surface area contributed by atoms with E-state index in [1.165, 1.54) is 12.8 Å². The predicted molar refractivity (Wildman–Crippen MR) is 67.1 cm³/mol. The van der Waals surface area contributed by atoms with Gasteiger partial charge in [0.1, 0.15) is 0 Å². The van der Waals surface area contributed by atoms with Crippen LogP contribution in [-0.2, 0) is 6.54 Å². The highest BCUT2D eigenvalue weighted by atomic mass is 16.4. The second kappa shape index (κ2) is 4.88. The van der Waals surface area contributed by atoms with Crippen LogP contribution < -0.4 is 0 Å². The van der Waals surface area contributed by atoms with E-state index in [9.17, 15) is 4.79 Å². The molecule has 1 saturated carbocycles. The normalized spacial score (nSPS) is 17.1. The number of benzene rings is 1. The Morgan fingerprint density at radius 3 is 2.82 bits per heavy atom. The topological polar surface area (TPSA) is 40.5 Å². The van der Waals surface area contributed by atoms with Gasteiger partial charge in [-0.1, -0.05) is 12.1 Å².